The minimum absolute atomic E-state index is 0.662. The molecule has 3 heterocycles. The molecule has 3 rings (SSSR count). The second kappa shape index (κ2) is 5.30. The normalized spacial score (nSPS) is 17.1. The molecule has 5 nitrogen and oxygen atoms in total. The molecule has 102 valence electrons. The third-order valence-electron chi connectivity index (χ3n) is 3.68. The van der Waals surface area contributed by atoms with Crippen LogP contribution in [-0.4, -0.2) is 34.8 Å². The van der Waals surface area contributed by atoms with Gasteiger partial charge in [0.15, 0.2) is 5.82 Å². The standard InChI is InChI=1S/C13H19N5S/c1-9-2-3-11(19-9)12-15-13(17-16-12)18-6-4-10(8-14)5-7-18/h2-3,10H,4-8,14H2,1H3,(H,15,16,17). The molecule has 2 aromatic heterocycles. The third kappa shape index (κ3) is 2.64. The third-order valence-corrected chi connectivity index (χ3v) is 4.69. The van der Waals surface area contributed by atoms with Crippen LogP contribution in [0.25, 0.3) is 10.7 Å². The summed E-state index contributed by atoms with van der Waals surface area (Å²) in [7, 11) is 0. The Balaban J connectivity index is 1.72. The number of anilines is 1. The Kier molecular flexibility index (Phi) is 3.52. The first-order chi connectivity index (χ1) is 9.26. The lowest BCUT2D eigenvalue weighted by molar-refractivity contribution is 0.411. The van der Waals surface area contributed by atoms with E-state index in [0.29, 0.717) is 5.92 Å². The van der Waals surface area contributed by atoms with Gasteiger partial charge in [0.05, 0.1) is 4.88 Å². The summed E-state index contributed by atoms with van der Waals surface area (Å²) < 4.78 is 0. The van der Waals surface area contributed by atoms with Crippen molar-refractivity contribution in [2.24, 2.45) is 11.7 Å². The monoisotopic (exact) mass is 277 g/mol. The number of aromatic amines is 1. The fourth-order valence-corrected chi connectivity index (χ4v) is 3.24. The van der Waals surface area contributed by atoms with Crippen LogP contribution in [0.4, 0.5) is 5.95 Å². The highest BCUT2D eigenvalue weighted by atomic mass is 32.1. The molecular weight excluding hydrogens is 258 g/mol. The molecule has 19 heavy (non-hydrogen) atoms. The van der Waals surface area contributed by atoms with E-state index in [4.69, 9.17) is 5.73 Å². The van der Waals surface area contributed by atoms with Gasteiger partial charge in [0.25, 0.3) is 0 Å². The Labute approximate surface area is 116 Å². The Morgan fingerprint density at radius 1 is 1.42 bits per heavy atom. The van der Waals surface area contributed by atoms with Gasteiger partial charge in [0.1, 0.15) is 0 Å². The average Bonchev–Trinajstić information content (AvgIpc) is 3.07. The number of hydrogen-bond acceptors (Lipinski definition) is 5. The molecule has 0 bridgehead atoms. The van der Waals surface area contributed by atoms with Gasteiger partial charge < -0.3 is 10.6 Å². The van der Waals surface area contributed by atoms with E-state index in [0.717, 1.165) is 49.1 Å². The molecule has 0 unspecified atom stereocenters. The van der Waals surface area contributed by atoms with Gasteiger partial charge in [-0.15, -0.1) is 16.4 Å². The minimum Gasteiger partial charge on any atom is -0.340 e. The fraction of sp³-hybridized carbons (Fsp3) is 0.538. The average molecular weight is 277 g/mol. The fourth-order valence-electron chi connectivity index (χ4n) is 2.44. The zero-order chi connectivity index (χ0) is 13.2. The van der Waals surface area contributed by atoms with Gasteiger partial charge in [-0.05, 0) is 44.4 Å². The van der Waals surface area contributed by atoms with Crippen molar-refractivity contribution in [1.29, 1.82) is 0 Å². The molecule has 0 radical (unpaired) electrons. The number of piperidine rings is 1. The first kappa shape index (κ1) is 12.6. The van der Waals surface area contributed by atoms with Crippen LogP contribution in [0.15, 0.2) is 12.1 Å². The quantitative estimate of drug-likeness (QED) is 0.900. The SMILES string of the molecule is Cc1ccc(-c2nc(N3CCC(CN)CC3)n[nH]2)s1. The van der Waals surface area contributed by atoms with E-state index in [9.17, 15) is 0 Å². The summed E-state index contributed by atoms with van der Waals surface area (Å²) in [6.45, 7) is 4.90. The van der Waals surface area contributed by atoms with Crippen molar-refractivity contribution in [3.63, 3.8) is 0 Å². The van der Waals surface area contributed by atoms with Gasteiger partial charge in [-0.1, -0.05) is 0 Å². The van der Waals surface area contributed by atoms with E-state index in [1.165, 1.54) is 4.88 Å². The van der Waals surface area contributed by atoms with E-state index in [1.54, 1.807) is 11.3 Å². The second-order valence-electron chi connectivity index (χ2n) is 5.06. The first-order valence-corrected chi connectivity index (χ1v) is 7.52. The van der Waals surface area contributed by atoms with Crippen LogP contribution < -0.4 is 10.6 Å². The van der Waals surface area contributed by atoms with Gasteiger partial charge in [-0.3, -0.25) is 5.10 Å². The maximum atomic E-state index is 5.72. The summed E-state index contributed by atoms with van der Waals surface area (Å²) >= 11 is 1.74. The summed E-state index contributed by atoms with van der Waals surface area (Å²) in [5.41, 5.74) is 5.72. The molecule has 0 atom stereocenters. The number of nitrogens with one attached hydrogen (secondary N) is 1. The number of nitrogens with two attached hydrogens (primary N) is 1. The number of aryl methyl sites for hydroxylation is 1. The Morgan fingerprint density at radius 3 is 2.84 bits per heavy atom. The lowest BCUT2D eigenvalue weighted by atomic mass is 9.97. The van der Waals surface area contributed by atoms with Crippen LogP contribution in [0, 0.1) is 12.8 Å². The van der Waals surface area contributed by atoms with Crippen LogP contribution >= 0.6 is 11.3 Å². The molecule has 1 saturated heterocycles. The van der Waals surface area contributed by atoms with Crippen LogP contribution in [0.5, 0.6) is 0 Å². The van der Waals surface area contributed by atoms with Crippen LogP contribution in [0.1, 0.15) is 17.7 Å². The van der Waals surface area contributed by atoms with Crippen molar-refractivity contribution in [3.8, 4) is 10.7 Å². The second-order valence-corrected chi connectivity index (χ2v) is 6.35. The number of hydrogen-bond donors (Lipinski definition) is 2. The van der Waals surface area contributed by atoms with Gasteiger partial charge in [-0.25, -0.2) is 0 Å². The lowest BCUT2D eigenvalue weighted by Crippen LogP contribution is -2.36. The van der Waals surface area contributed by atoms with Crippen molar-refractivity contribution in [2.75, 3.05) is 24.5 Å². The molecule has 1 fully saturated rings. The summed E-state index contributed by atoms with van der Waals surface area (Å²) in [6, 6.07) is 4.19. The van der Waals surface area contributed by atoms with Crippen molar-refractivity contribution in [2.45, 2.75) is 19.8 Å². The maximum absolute atomic E-state index is 5.72. The predicted molar refractivity (Wildman–Crippen MR) is 78.4 cm³/mol. The molecule has 1 aliphatic rings. The molecule has 0 saturated carbocycles. The summed E-state index contributed by atoms with van der Waals surface area (Å²) in [6.07, 6.45) is 2.27. The van der Waals surface area contributed by atoms with Crippen LogP contribution in [0.2, 0.25) is 0 Å². The summed E-state index contributed by atoms with van der Waals surface area (Å²) in [4.78, 5) is 9.28. The molecule has 3 N–H and O–H groups in total. The van der Waals surface area contributed by atoms with Gasteiger partial charge in [0.2, 0.25) is 5.95 Å². The molecule has 1 aliphatic heterocycles. The zero-order valence-corrected chi connectivity index (χ0v) is 11.9. The van der Waals surface area contributed by atoms with E-state index >= 15 is 0 Å². The molecule has 2 aromatic rings. The van der Waals surface area contributed by atoms with Crippen LogP contribution in [0.3, 0.4) is 0 Å². The lowest BCUT2D eigenvalue weighted by Gasteiger charge is -2.30. The highest BCUT2D eigenvalue weighted by Crippen LogP contribution is 2.27. The molecule has 0 aliphatic carbocycles. The summed E-state index contributed by atoms with van der Waals surface area (Å²) in [5.74, 6) is 2.35. The highest BCUT2D eigenvalue weighted by Gasteiger charge is 2.21. The van der Waals surface area contributed by atoms with Crippen molar-refractivity contribution in [1.82, 2.24) is 15.2 Å². The number of H-pyrrole nitrogens is 1. The predicted octanol–water partition coefficient (Wildman–Crippen LogP) is 2.02. The molecule has 0 aromatic carbocycles. The Hall–Kier alpha value is -1.40. The summed E-state index contributed by atoms with van der Waals surface area (Å²) in [5, 5.41) is 7.38. The highest BCUT2D eigenvalue weighted by molar-refractivity contribution is 7.15. The van der Waals surface area contributed by atoms with Crippen molar-refractivity contribution in [3.05, 3.63) is 17.0 Å². The molecule has 0 spiro atoms. The maximum Gasteiger partial charge on any atom is 0.245 e. The first-order valence-electron chi connectivity index (χ1n) is 6.70. The van der Waals surface area contributed by atoms with E-state index in [-0.39, 0.29) is 0 Å². The number of rotatable bonds is 3. The van der Waals surface area contributed by atoms with E-state index in [2.05, 4.69) is 39.1 Å². The number of thiophene rings is 1. The number of aromatic nitrogens is 3. The zero-order valence-electron chi connectivity index (χ0n) is 11.1. The number of nitrogens with zero attached hydrogens (tertiary/aromatic N) is 3. The molecular formula is C13H19N5S. The molecule has 6 heteroatoms. The van der Waals surface area contributed by atoms with Gasteiger partial charge in [0, 0.05) is 18.0 Å². The topological polar surface area (TPSA) is 70.8 Å². The van der Waals surface area contributed by atoms with Gasteiger partial charge >= 0.3 is 0 Å². The minimum atomic E-state index is 0.662. The van der Waals surface area contributed by atoms with Crippen molar-refractivity contribution < 1.29 is 0 Å². The van der Waals surface area contributed by atoms with E-state index in [1.807, 2.05) is 0 Å². The van der Waals surface area contributed by atoms with Crippen molar-refractivity contribution >= 4 is 17.3 Å². The molecule has 0 amide bonds. The Bertz CT molecular complexity index is 539. The van der Waals surface area contributed by atoms with Gasteiger partial charge in [-0.2, -0.15) is 4.98 Å². The largest absolute Gasteiger partial charge is 0.340 e. The van der Waals surface area contributed by atoms with E-state index < -0.39 is 0 Å². The van der Waals surface area contributed by atoms with Crippen LogP contribution in [-0.2, 0) is 0 Å². The smallest absolute Gasteiger partial charge is 0.245 e. The Morgan fingerprint density at radius 2 is 2.21 bits per heavy atom.